The lowest BCUT2D eigenvalue weighted by molar-refractivity contribution is 0.465. The van der Waals surface area contributed by atoms with Crippen molar-refractivity contribution >= 4 is 16.0 Å². The van der Waals surface area contributed by atoms with Gasteiger partial charge in [-0.25, -0.2) is 18.4 Å². The third kappa shape index (κ3) is 4.08. The second-order valence-electron chi connectivity index (χ2n) is 6.26. The van der Waals surface area contributed by atoms with E-state index in [0.29, 0.717) is 11.6 Å². The van der Waals surface area contributed by atoms with Crippen LogP contribution in [-0.2, 0) is 16.6 Å². The Morgan fingerprint density at radius 1 is 1.27 bits per heavy atom. The van der Waals surface area contributed by atoms with Crippen LogP contribution in [-0.4, -0.2) is 53.6 Å². The van der Waals surface area contributed by atoms with E-state index >= 15 is 0 Å². The molecule has 8 heteroatoms. The van der Waals surface area contributed by atoms with E-state index in [1.807, 2.05) is 18.2 Å². The van der Waals surface area contributed by atoms with Crippen molar-refractivity contribution in [3.63, 3.8) is 0 Å². The summed E-state index contributed by atoms with van der Waals surface area (Å²) in [7, 11) is -1.86. The van der Waals surface area contributed by atoms with Gasteiger partial charge in [-0.1, -0.05) is 12.1 Å². The predicted octanol–water partition coefficient (Wildman–Crippen LogP) is 2.09. The van der Waals surface area contributed by atoms with Crippen LogP contribution >= 0.6 is 0 Å². The maximum absolute atomic E-state index is 12.3. The van der Waals surface area contributed by atoms with Crippen LogP contribution in [0.15, 0.2) is 43.2 Å². The second-order valence-corrected chi connectivity index (χ2v) is 8.38. The van der Waals surface area contributed by atoms with Crippen molar-refractivity contribution in [1.82, 2.24) is 19.3 Å². The maximum Gasteiger partial charge on any atom is 0.225 e. The monoisotopic (exact) mass is 373 g/mol. The van der Waals surface area contributed by atoms with Crippen molar-refractivity contribution in [2.24, 2.45) is 0 Å². The van der Waals surface area contributed by atoms with Gasteiger partial charge in [-0.05, 0) is 25.0 Å². The minimum Gasteiger partial charge on any atom is -0.341 e. The quantitative estimate of drug-likeness (QED) is 0.692. The van der Waals surface area contributed by atoms with Gasteiger partial charge < -0.3 is 4.90 Å². The van der Waals surface area contributed by atoms with E-state index in [0.717, 1.165) is 37.2 Å². The molecule has 0 aromatic carbocycles. The summed E-state index contributed by atoms with van der Waals surface area (Å²) in [4.78, 5) is 15.7. The Balaban J connectivity index is 1.98. The molecule has 1 aliphatic heterocycles. The minimum absolute atomic E-state index is 0.105. The number of hydrogen-bond donors (Lipinski definition) is 0. The highest BCUT2D eigenvalue weighted by Crippen LogP contribution is 2.25. The molecule has 2 aromatic heterocycles. The highest BCUT2D eigenvalue weighted by molar-refractivity contribution is 7.89. The predicted molar refractivity (Wildman–Crippen MR) is 102 cm³/mol. The Kier molecular flexibility index (Phi) is 5.63. The first kappa shape index (κ1) is 18.5. The summed E-state index contributed by atoms with van der Waals surface area (Å²) in [5, 5.41) is 0. The van der Waals surface area contributed by atoms with Gasteiger partial charge in [-0.15, -0.1) is 6.58 Å². The molecule has 138 valence electrons. The van der Waals surface area contributed by atoms with E-state index in [2.05, 4.69) is 26.4 Å². The zero-order chi connectivity index (χ0) is 18.6. The Hall–Kier alpha value is -2.32. The van der Waals surface area contributed by atoms with E-state index < -0.39 is 10.0 Å². The molecule has 0 radical (unpaired) electrons. The van der Waals surface area contributed by atoms with Gasteiger partial charge in [0.25, 0.3) is 0 Å². The minimum atomic E-state index is -3.42. The average Bonchev–Trinajstić information content (AvgIpc) is 3.17. The molecule has 0 amide bonds. The number of anilines is 1. The molecular formula is C18H23N5O2S. The van der Waals surface area contributed by atoms with Crippen molar-refractivity contribution in [2.45, 2.75) is 19.4 Å². The summed E-state index contributed by atoms with van der Waals surface area (Å²) in [6, 6.07) is 5.60. The summed E-state index contributed by atoms with van der Waals surface area (Å²) in [5.41, 5.74) is 2.12. The van der Waals surface area contributed by atoms with Gasteiger partial charge in [0.2, 0.25) is 16.0 Å². The molecule has 3 rings (SSSR count). The van der Waals surface area contributed by atoms with Crippen molar-refractivity contribution < 1.29 is 8.42 Å². The van der Waals surface area contributed by atoms with Crippen LogP contribution in [0, 0.1) is 0 Å². The van der Waals surface area contributed by atoms with E-state index in [9.17, 15) is 8.42 Å². The van der Waals surface area contributed by atoms with Crippen LogP contribution in [0.1, 0.15) is 18.5 Å². The molecule has 0 unspecified atom stereocenters. The summed E-state index contributed by atoms with van der Waals surface area (Å²) >= 11 is 0. The molecule has 1 fully saturated rings. The van der Waals surface area contributed by atoms with E-state index in [-0.39, 0.29) is 12.3 Å². The highest BCUT2D eigenvalue weighted by atomic mass is 32.2. The van der Waals surface area contributed by atoms with Crippen molar-refractivity contribution in [3.05, 3.63) is 48.9 Å². The first-order chi connectivity index (χ1) is 12.5. The number of sulfonamides is 1. The first-order valence-electron chi connectivity index (χ1n) is 8.58. The van der Waals surface area contributed by atoms with Crippen molar-refractivity contribution in [2.75, 3.05) is 30.8 Å². The highest BCUT2D eigenvalue weighted by Gasteiger charge is 2.22. The third-order valence-corrected chi connectivity index (χ3v) is 6.10. The number of rotatable bonds is 7. The van der Waals surface area contributed by atoms with Gasteiger partial charge in [0.1, 0.15) is 0 Å². The fraction of sp³-hybridized carbons (Fsp3) is 0.389. The molecule has 1 aliphatic rings. The molecule has 0 spiro atoms. The largest absolute Gasteiger partial charge is 0.341 e. The summed E-state index contributed by atoms with van der Waals surface area (Å²) in [5.74, 6) is 0.540. The van der Waals surface area contributed by atoms with Gasteiger partial charge >= 0.3 is 0 Å². The third-order valence-electron chi connectivity index (χ3n) is 4.36. The molecule has 0 N–H and O–H groups in total. The summed E-state index contributed by atoms with van der Waals surface area (Å²) in [6.45, 7) is 5.52. The van der Waals surface area contributed by atoms with Gasteiger partial charge in [0, 0.05) is 38.1 Å². The molecule has 2 aromatic rings. The fourth-order valence-corrected chi connectivity index (χ4v) is 3.79. The smallest absolute Gasteiger partial charge is 0.225 e. The lowest BCUT2D eigenvalue weighted by Gasteiger charge is -2.20. The Morgan fingerprint density at radius 3 is 2.69 bits per heavy atom. The molecule has 3 heterocycles. The first-order valence-corrected chi connectivity index (χ1v) is 10.2. The van der Waals surface area contributed by atoms with Crippen LogP contribution < -0.4 is 4.90 Å². The number of nitrogens with zero attached hydrogens (tertiary/aromatic N) is 5. The number of hydrogen-bond acceptors (Lipinski definition) is 6. The zero-order valence-corrected chi connectivity index (χ0v) is 15.7. The number of pyridine rings is 1. The van der Waals surface area contributed by atoms with Crippen molar-refractivity contribution in [3.8, 4) is 11.3 Å². The molecule has 26 heavy (non-hydrogen) atoms. The Morgan fingerprint density at radius 2 is 2.04 bits per heavy atom. The van der Waals surface area contributed by atoms with Crippen molar-refractivity contribution in [1.29, 1.82) is 0 Å². The molecule has 7 nitrogen and oxygen atoms in total. The number of aromatic nitrogens is 3. The standard InChI is InChI=1S/C18H23N5O2S/c1-3-12-26(24,25)22(2)14-17-15(16-8-4-5-9-19-16)13-20-18(21-17)23-10-6-7-11-23/h3-5,8-9,13H,1,6-7,10-12,14H2,2H3. The maximum atomic E-state index is 12.3. The Bertz CT molecular complexity index is 864. The normalized spacial score (nSPS) is 14.8. The van der Waals surface area contributed by atoms with Gasteiger partial charge in [-0.3, -0.25) is 4.98 Å². The van der Waals surface area contributed by atoms with Gasteiger partial charge in [0.15, 0.2) is 0 Å². The van der Waals surface area contributed by atoms with E-state index in [1.54, 1.807) is 19.4 Å². The lowest BCUT2D eigenvalue weighted by atomic mass is 10.1. The molecule has 0 atom stereocenters. The zero-order valence-electron chi connectivity index (χ0n) is 14.9. The van der Waals surface area contributed by atoms with Gasteiger partial charge in [-0.2, -0.15) is 4.31 Å². The summed E-state index contributed by atoms with van der Waals surface area (Å²) in [6.07, 6.45) is 7.07. The molecule has 0 bridgehead atoms. The second kappa shape index (κ2) is 7.92. The van der Waals surface area contributed by atoms with Gasteiger partial charge in [0.05, 0.1) is 23.7 Å². The summed E-state index contributed by atoms with van der Waals surface area (Å²) < 4.78 is 25.9. The van der Waals surface area contributed by atoms with E-state index in [4.69, 9.17) is 0 Å². The van der Waals surface area contributed by atoms with Crippen LogP contribution in [0.4, 0.5) is 5.95 Å². The lowest BCUT2D eigenvalue weighted by Crippen LogP contribution is -2.29. The van der Waals surface area contributed by atoms with Crippen LogP contribution in [0.3, 0.4) is 0 Å². The Labute approximate surface area is 154 Å². The topological polar surface area (TPSA) is 79.3 Å². The van der Waals surface area contributed by atoms with Crippen LogP contribution in [0.5, 0.6) is 0 Å². The molecule has 0 saturated carbocycles. The van der Waals surface area contributed by atoms with Crippen LogP contribution in [0.25, 0.3) is 11.3 Å². The molecular weight excluding hydrogens is 350 g/mol. The molecule has 0 aliphatic carbocycles. The SMILES string of the molecule is C=CCS(=O)(=O)N(C)Cc1nc(N2CCCC2)ncc1-c1ccccn1. The fourth-order valence-electron chi connectivity index (χ4n) is 2.92. The molecule has 1 saturated heterocycles. The van der Waals surface area contributed by atoms with E-state index in [1.165, 1.54) is 10.4 Å². The van der Waals surface area contributed by atoms with Crippen LogP contribution in [0.2, 0.25) is 0 Å². The average molecular weight is 373 g/mol.